The second-order valence-corrected chi connectivity index (χ2v) is 10.9. The molecule has 0 saturated carbocycles. The number of nitrogens with one attached hydrogen (secondary N) is 1. The maximum absolute atomic E-state index is 13.4. The second-order valence-electron chi connectivity index (χ2n) is 9.54. The number of hydrogen-bond acceptors (Lipinski definition) is 5. The molecule has 0 radical (unpaired) electrons. The van der Waals surface area contributed by atoms with Crippen LogP contribution in [0, 0.1) is 6.92 Å². The number of anilines is 1. The van der Waals surface area contributed by atoms with E-state index in [4.69, 9.17) is 21.3 Å². The third-order valence-corrected chi connectivity index (χ3v) is 6.27. The lowest BCUT2D eigenvalue weighted by Gasteiger charge is -2.21. The average Bonchev–Trinajstić information content (AvgIpc) is 2.84. The molecule has 4 aromatic rings. The first kappa shape index (κ1) is 26.6. The van der Waals surface area contributed by atoms with E-state index in [1.165, 1.54) is 10.9 Å². The highest BCUT2D eigenvalue weighted by Crippen LogP contribution is 2.25. The Balaban J connectivity index is 1.66. The minimum Gasteiger partial charge on any atom is -0.483 e. The lowest BCUT2D eigenvalue weighted by molar-refractivity contribution is -0.118. The largest absolute Gasteiger partial charge is 0.483 e. The Hall–Kier alpha value is -3.49. The number of fused-ring (bicyclic) bond motifs is 1. The average molecular weight is 582 g/mol. The van der Waals surface area contributed by atoms with Gasteiger partial charge in [-0.25, -0.2) is 4.98 Å². The van der Waals surface area contributed by atoms with Crippen molar-refractivity contribution in [2.75, 3.05) is 11.9 Å². The second kappa shape index (κ2) is 10.9. The molecule has 0 aliphatic heterocycles. The SMILES string of the molecule is Cc1ccccc1NC(=O)COc1ccc(Cl)cc1C=Nn1c(C(C)(C)C)nc2ccc(Br)cc2c1=O. The number of benzene rings is 3. The minimum absolute atomic E-state index is 0.213. The first-order valence-corrected chi connectivity index (χ1v) is 12.7. The van der Waals surface area contributed by atoms with Crippen LogP contribution in [0.4, 0.5) is 5.69 Å². The number of rotatable bonds is 6. The van der Waals surface area contributed by atoms with E-state index < -0.39 is 5.41 Å². The summed E-state index contributed by atoms with van der Waals surface area (Å²) in [4.78, 5) is 30.6. The van der Waals surface area contributed by atoms with Crippen molar-refractivity contribution < 1.29 is 9.53 Å². The molecule has 37 heavy (non-hydrogen) atoms. The quantitative estimate of drug-likeness (QED) is 0.270. The van der Waals surface area contributed by atoms with Crippen LogP contribution in [0.15, 0.2) is 75.0 Å². The predicted octanol–water partition coefficient (Wildman–Crippen LogP) is 6.32. The molecule has 7 nitrogen and oxygen atoms in total. The lowest BCUT2D eigenvalue weighted by atomic mass is 9.95. The zero-order valence-electron chi connectivity index (χ0n) is 20.9. The Kier molecular flexibility index (Phi) is 7.80. The minimum atomic E-state index is -0.459. The molecule has 0 saturated heterocycles. The van der Waals surface area contributed by atoms with Gasteiger partial charge in [-0.2, -0.15) is 9.78 Å². The van der Waals surface area contributed by atoms with Gasteiger partial charge in [0.25, 0.3) is 11.5 Å². The molecule has 4 rings (SSSR count). The van der Waals surface area contributed by atoms with Crippen LogP contribution in [0.3, 0.4) is 0 Å². The molecule has 0 unspecified atom stereocenters. The van der Waals surface area contributed by atoms with Gasteiger partial charge in [0, 0.05) is 26.2 Å². The van der Waals surface area contributed by atoms with Gasteiger partial charge < -0.3 is 10.1 Å². The van der Waals surface area contributed by atoms with Gasteiger partial charge >= 0.3 is 0 Å². The molecule has 1 N–H and O–H groups in total. The summed E-state index contributed by atoms with van der Waals surface area (Å²) in [5, 5.41) is 8.23. The summed E-state index contributed by atoms with van der Waals surface area (Å²) < 4.78 is 7.86. The van der Waals surface area contributed by atoms with Gasteiger partial charge in [0.15, 0.2) is 6.61 Å². The first-order chi connectivity index (χ1) is 17.5. The molecular weight excluding hydrogens is 556 g/mol. The van der Waals surface area contributed by atoms with Crippen molar-refractivity contribution in [1.82, 2.24) is 9.66 Å². The fourth-order valence-electron chi connectivity index (χ4n) is 3.66. The Bertz CT molecular complexity index is 1570. The third-order valence-electron chi connectivity index (χ3n) is 5.54. The number of hydrogen-bond donors (Lipinski definition) is 1. The topological polar surface area (TPSA) is 85.6 Å². The Morgan fingerprint density at radius 3 is 2.65 bits per heavy atom. The van der Waals surface area contributed by atoms with Gasteiger partial charge in [0.1, 0.15) is 11.6 Å². The summed E-state index contributed by atoms with van der Waals surface area (Å²) in [6.07, 6.45) is 1.49. The van der Waals surface area contributed by atoms with Crippen LogP contribution in [0.5, 0.6) is 5.75 Å². The number of amides is 1. The van der Waals surface area contributed by atoms with Crippen molar-refractivity contribution in [3.8, 4) is 5.75 Å². The normalized spacial score (nSPS) is 11.7. The standard InChI is InChI=1S/C28H26BrClN4O3/c1-17-7-5-6-8-22(17)32-25(35)16-37-24-12-10-20(30)13-18(24)15-31-34-26(36)21-14-19(29)9-11-23(21)33-27(34)28(2,3)4/h5-15H,16H2,1-4H3,(H,32,35). The summed E-state index contributed by atoms with van der Waals surface area (Å²) in [6.45, 7) is 7.60. The van der Waals surface area contributed by atoms with E-state index in [0.717, 1.165) is 15.7 Å². The predicted molar refractivity (Wildman–Crippen MR) is 152 cm³/mol. The Morgan fingerprint density at radius 1 is 1.16 bits per heavy atom. The monoisotopic (exact) mass is 580 g/mol. The maximum atomic E-state index is 13.4. The van der Waals surface area contributed by atoms with Gasteiger partial charge in [-0.05, 0) is 55.0 Å². The maximum Gasteiger partial charge on any atom is 0.282 e. The lowest BCUT2D eigenvalue weighted by Crippen LogP contribution is -2.29. The van der Waals surface area contributed by atoms with Crippen LogP contribution in [-0.4, -0.2) is 28.4 Å². The zero-order valence-corrected chi connectivity index (χ0v) is 23.2. The van der Waals surface area contributed by atoms with Crippen LogP contribution in [0.25, 0.3) is 10.9 Å². The van der Waals surface area contributed by atoms with Crippen molar-refractivity contribution in [1.29, 1.82) is 0 Å². The van der Waals surface area contributed by atoms with E-state index in [1.54, 1.807) is 30.3 Å². The number of carbonyl (C=O) groups excluding carboxylic acids is 1. The molecule has 0 atom stereocenters. The summed E-state index contributed by atoms with van der Waals surface area (Å²) in [5.74, 6) is 0.600. The summed E-state index contributed by atoms with van der Waals surface area (Å²) in [7, 11) is 0. The first-order valence-electron chi connectivity index (χ1n) is 11.6. The number of halogens is 2. The molecule has 190 valence electrons. The third kappa shape index (κ3) is 6.26. The molecule has 1 amide bonds. The van der Waals surface area contributed by atoms with E-state index in [9.17, 15) is 9.59 Å². The van der Waals surface area contributed by atoms with Crippen LogP contribution in [0.1, 0.15) is 37.7 Å². The highest BCUT2D eigenvalue weighted by Gasteiger charge is 2.23. The Morgan fingerprint density at radius 2 is 1.92 bits per heavy atom. The van der Waals surface area contributed by atoms with Crippen molar-refractivity contribution >= 4 is 56.2 Å². The van der Waals surface area contributed by atoms with Gasteiger partial charge in [0.05, 0.1) is 17.1 Å². The highest BCUT2D eigenvalue weighted by atomic mass is 79.9. The number of nitrogens with zero attached hydrogens (tertiary/aromatic N) is 3. The van der Waals surface area contributed by atoms with E-state index in [1.807, 2.05) is 58.0 Å². The zero-order chi connectivity index (χ0) is 26.7. The molecular formula is C28H26BrClN4O3. The van der Waals surface area contributed by atoms with Crippen LogP contribution < -0.4 is 15.6 Å². The van der Waals surface area contributed by atoms with Crippen molar-refractivity contribution in [2.24, 2.45) is 5.10 Å². The molecule has 3 aromatic carbocycles. The summed E-state index contributed by atoms with van der Waals surface area (Å²) in [6, 6.07) is 17.9. The molecule has 0 aliphatic carbocycles. The fourth-order valence-corrected chi connectivity index (χ4v) is 4.20. The molecule has 1 aromatic heterocycles. The smallest absolute Gasteiger partial charge is 0.282 e. The van der Waals surface area contributed by atoms with Crippen molar-refractivity contribution in [3.05, 3.63) is 97.5 Å². The van der Waals surface area contributed by atoms with Crippen LogP contribution in [-0.2, 0) is 10.2 Å². The molecule has 0 bridgehead atoms. The number of carbonyl (C=O) groups is 1. The Labute approximate surface area is 228 Å². The molecule has 0 aliphatic rings. The van der Waals surface area contributed by atoms with Crippen LogP contribution in [0.2, 0.25) is 5.02 Å². The highest BCUT2D eigenvalue weighted by molar-refractivity contribution is 9.10. The van der Waals surface area contributed by atoms with E-state index in [-0.39, 0.29) is 18.1 Å². The number of aryl methyl sites for hydroxylation is 1. The van der Waals surface area contributed by atoms with Crippen LogP contribution >= 0.6 is 27.5 Å². The van der Waals surface area contributed by atoms with Crippen molar-refractivity contribution in [2.45, 2.75) is 33.1 Å². The number of ether oxygens (including phenoxy) is 1. The van der Waals surface area contributed by atoms with Gasteiger partial charge in [-0.3, -0.25) is 9.59 Å². The molecule has 0 spiro atoms. The van der Waals surface area contributed by atoms with E-state index in [0.29, 0.717) is 33.1 Å². The molecule has 1 heterocycles. The summed E-state index contributed by atoms with van der Waals surface area (Å²) in [5.41, 5.74) is 2.02. The van der Waals surface area contributed by atoms with Gasteiger partial charge in [-0.15, -0.1) is 0 Å². The van der Waals surface area contributed by atoms with Crippen molar-refractivity contribution in [3.63, 3.8) is 0 Å². The van der Waals surface area contributed by atoms with E-state index in [2.05, 4.69) is 26.3 Å². The van der Waals surface area contributed by atoms with Gasteiger partial charge in [-0.1, -0.05) is 66.5 Å². The number of aromatic nitrogens is 2. The fraction of sp³-hybridized carbons (Fsp3) is 0.214. The summed E-state index contributed by atoms with van der Waals surface area (Å²) >= 11 is 9.65. The van der Waals surface area contributed by atoms with Gasteiger partial charge in [0.2, 0.25) is 0 Å². The molecule has 0 fully saturated rings. The number of para-hydroxylation sites is 1. The molecule has 9 heteroatoms. The van der Waals surface area contributed by atoms with E-state index >= 15 is 0 Å².